The van der Waals surface area contributed by atoms with E-state index in [2.05, 4.69) is 24.3 Å². The lowest BCUT2D eigenvalue weighted by molar-refractivity contribution is 0.475. The van der Waals surface area contributed by atoms with Crippen LogP contribution in [0.25, 0.3) is 0 Å². The summed E-state index contributed by atoms with van der Waals surface area (Å²) in [6, 6.07) is 7.81. The minimum Gasteiger partial charge on any atom is -0.508 e. The van der Waals surface area contributed by atoms with Gasteiger partial charge in [-0.2, -0.15) is 5.10 Å². The second-order valence-electron chi connectivity index (χ2n) is 5.42. The van der Waals surface area contributed by atoms with Crippen molar-refractivity contribution in [1.29, 1.82) is 0 Å². The predicted octanol–water partition coefficient (Wildman–Crippen LogP) is 3.18. The number of nitrogens with one attached hydrogen (secondary N) is 1. The molecule has 0 saturated carbocycles. The largest absolute Gasteiger partial charge is 0.508 e. The zero-order valence-electron chi connectivity index (χ0n) is 12.6. The van der Waals surface area contributed by atoms with Gasteiger partial charge in [0.05, 0.1) is 17.1 Å². The molecule has 4 nitrogen and oxygen atoms in total. The number of hydrogen-bond acceptors (Lipinski definition) is 3. The first-order valence-corrected chi connectivity index (χ1v) is 7.02. The van der Waals surface area contributed by atoms with Crippen LogP contribution < -0.4 is 5.32 Å². The Morgan fingerprint density at radius 3 is 2.45 bits per heavy atom. The first kappa shape index (κ1) is 14.4. The third-order valence-electron chi connectivity index (χ3n) is 3.70. The quantitative estimate of drug-likeness (QED) is 0.879. The highest BCUT2D eigenvalue weighted by atomic mass is 16.3. The lowest BCUT2D eigenvalue weighted by Gasteiger charge is -2.15. The summed E-state index contributed by atoms with van der Waals surface area (Å²) < 4.78 is 1.91. The Morgan fingerprint density at radius 1 is 1.25 bits per heavy atom. The molecule has 0 saturated heterocycles. The first-order valence-electron chi connectivity index (χ1n) is 7.02. The van der Waals surface area contributed by atoms with Gasteiger partial charge in [0.15, 0.2) is 0 Å². The van der Waals surface area contributed by atoms with E-state index in [-0.39, 0.29) is 0 Å². The summed E-state index contributed by atoms with van der Waals surface area (Å²) in [4.78, 5) is 0. The normalized spacial score (nSPS) is 12.4. The second kappa shape index (κ2) is 5.99. The molecule has 2 N–H and O–H groups in total. The summed E-state index contributed by atoms with van der Waals surface area (Å²) in [5, 5.41) is 17.2. The van der Waals surface area contributed by atoms with E-state index in [1.807, 2.05) is 30.8 Å². The maximum atomic E-state index is 9.27. The van der Waals surface area contributed by atoms with Gasteiger partial charge in [-0.3, -0.25) is 4.68 Å². The van der Waals surface area contributed by atoms with Gasteiger partial charge in [0.1, 0.15) is 5.75 Å². The Morgan fingerprint density at radius 2 is 1.90 bits per heavy atom. The molecule has 0 aliphatic rings. The smallest absolute Gasteiger partial charge is 0.115 e. The zero-order valence-corrected chi connectivity index (χ0v) is 12.6. The SMILES string of the molecule is Cc1nn(C)c(C)c1NC(C)CCc1ccc(O)cc1. The van der Waals surface area contributed by atoms with Gasteiger partial charge in [0.25, 0.3) is 0 Å². The van der Waals surface area contributed by atoms with Crippen LogP contribution in [0.5, 0.6) is 5.75 Å². The van der Waals surface area contributed by atoms with Crippen LogP contribution in [-0.4, -0.2) is 20.9 Å². The summed E-state index contributed by atoms with van der Waals surface area (Å²) in [5.74, 6) is 0.321. The van der Waals surface area contributed by atoms with Gasteiger partial charge in [-0.1, -0.05) is 12.1 Å². The molecular formula is C16H23N3O. The highest BCUT2D eigenvalue weighted by Crippen LogP contribution is 2.20. The molecule has 1 atom stereocenters. The van der Waals surface area contributed by atoms with Crippen molar-refractivity contribution in [2.75, 3.05) is 5.32 Å². The van der Waals surface area contributed by atoms with Crippen molar-refractivity contribution in [3.05, 3.63) is 41.2 Å². The minimum atomic E-state index is 0.321. The van der Waals surface area contributed by atoms with E-state index in [9.17, 15) is 5.11 Å². The standard InChI is InChI=1S/C16H23N3O/c1-11(5-6-14-7-9-15(20)10-8-14)17-16-12(2)18-19(4)13(16)3/h7-11,17,20H,5-6H2,1-4H3. The van der Waals surface area contributed by atoms with E-state index in [0.29, 0.717) is 11.8 Å². The average Bonchev–Trinajstić information content (AvgIpc) is 2.65. The number of benzene rings is 1. The zero-order chi connectivity index (χ0) is 14.7. The van der Waals surface area contributed by atoms with Crippen LogP contribution in [0.3, 0.4) is 0 Å². The third-order valence-corrected chi connectivity index (χ3v) is 3.70. The van der Waals surface area contributed by atoms with Crippen LogP contribution in [0.4, 0.5) is 5.69 Å². The molecule has 20 heavy (non-hydrogen) atoms. The third kappa shape index (κ3) is 3.32. The second-order valence-corrected chi connectivity index (χ2v) is 5.42. The highest BCUT2D eigenvalue weighted by Gasteiger charge is 2.11. The number of phenols is 1. The fourth-order valence-corrected chi connectivity index (χ4v) is 2.35. The van der Waals surface area contributed by atoms with E-state index >= 15 is 0 Å². The lowest BCUT2D eigenvalue weighted by atomic mass is 10.1. The predicted molar refractivity (Wildman–Crippen MR) is 82.2 cm³/mol. The molecular weight excluding hydrogens is 250 g/mol. The van der Waals surface area contributed by atoms with Gasteiger partial charge in [-0.15, -0.1) is 0 Å². The number of aromatic nitrogens is 2. The van der Waals surface area contributed by atoms with Gasteiger partial charge in [0, 0.05) is 13.1 Å². The van der Waals surface area contributed by atoms with Crippen LogP contribution in [0, 0.1) is 13.8 Å². The van der Waals surface area contributed by atoms with Gasteiger partial charge < -0.3 is 10.4 Å². The molecule has 108 valence electrons. The van der Waals surface area contributed by atoms with E-state index in [0.717, 1.165) is 24.2 Å². The van der Waals surface area contributed by atoms with E-state index in [1.54, 1.807) is 12.1 Å². The monoisotopic (exact) mass is 273 g/mol. The molecule has 0 radical (unpaired) electrons. The number of aryl methyl sites for hydroxylation is 3. The van der Waals surface area contributed by atoms with Crippen molar-refractivity contribution in [2.24, 2.45) is 7.05 Å². The molecule has 2 aromatic rings. The molecule has 1 aromatic carbocycles. The highest BCUT2D eigenvalue weighted by molar-refractivity contribution is 5.52. The lowest BCUT2D eigenvalue weighted by Crippen LogP contribution is -2.17. The van der Waals surface area contributed by atoms with Crippen LogP contribution >= 0.6 is 0 Å². The number of anilines is 1. The number of hydrogen-bond donors (Lipinski definition) is 2. The van der Waals surface area contributed by atoms with Crippen LogP contribution in [0.2, 0.25) is 0 Å². The van der Waals surface area contributed by atoms with Gasteiger partial charge >= 0.3 is 0 Å². The Balaban J connectivity index is 1.92. The topological polar surface area (TPSA) is 50.1 Å². The molecule has 0 aliphatic heterocycles. The van der Waals surface area contributed by atoms with Crippen LogP contribution in [-0.2, 0) is 13.5 Å². The van der Waals surface area contributed by atoms with E-state index in [1.165, 1.54) is 11.3 Å². The van der Waals surface area contributed by atoms with Crippen molar-refractivity contribution in [3.8, 4) is 5.75 Å². The Labute approximate surface area is 120 Å². The minimum absolute atomic E-state index is 0.321. The maximum Gasteiger partial charge on any atom is 0.115 e. The van der Waals surface area contributed by atoms with Crippen LogP contribution in [0.1, 0.15) is 30.3 Å². The summed E-state index contributed by atoms with van der Waals surface area (Å²) >= 11 is 0. The molecule has 0 aliphatic carbocycles. The van der Waals surface area contributed by atoms with E-state index < -0.39 is 0 Å². The summed E-state index contributed by atoms with van der Waals surface area (Å²) in [7, 11) is 1.97. The van der Waals surface area contributed by atoms with Crippen molar-refractivity contribution in [3.63, 3.8) is 0 Å². The number of aromatic hydroxyl groups is 1. The number of rotatable bonds is 5. The average molecular weight is 273 g/mol. The Kier molecular flexibility index (Phi) is 4.32. The Bertz CT molecular complexity index is 572. The van der Waals surface area contributed by atoms with Gasteiger partial charge in [0.2, 0.25) is 0 Å². The number of phenolic OH excluding ortho intramolecular Hbond substituents is 1. The molecule has 0 amide bonds. The molecule has 0 fully saturated rings. The van der Waals surface area contributed by atoms with Crippen molar-refractivity contribution < 1.29 is 5.11 Å². The van der Waals surface area contributed by atoms with Gasteiger partial charge in [-0.25, -0.2) is 0 Å². The fraction of sp³-hybridized carbons (Fsp3) is 0.438. The molecule has 1 aromatic heterocycles. The fourth-order valence-electron chi connectivity index (χ4n) is 2.35. The molecule has 4 heteroatoms. The molecule has 0 bridgehead atoms. The molecule has 2 rings (SSSR count). The molecule has 1 heterocycles. The summed E-state index contributed by atoms with van der Waals surface area (Å²) in [6.07, 6.45) is 2.03. The van der Waals surface area contributed by atoms with Crippen molar-refractivity contribution >= 4 is 5.69 Å². The molecule has 0 spiro atoms. The summed E-state index contributed by atoms with van der Waals surface area (Å²) in [5.41, 5.74) is 4.60. The number of nitrogens with zero attached hydrogens (tertiary/aromatic N) is 2. The van der Waals surface area contributed by atoms with E-state index in [4.69, 9.17) is 0 Å². The van der Waals surface area contributed by atoms with Crippen molar-refractivity contribution in [2.45, 2.75) is 39.7 Å². The van der Waals surface area contributed by atoms with Crippen LogP contribution in [0.15, 0.2) is 24.3 Å². The van der Waals surface area contributed by atoms with Gasteiger partial charge in [-0.05, 0) is 51.3 Å². The maximum absolute atomic E-state index is 9.27. The molecule has 1 unspecified atom stereocenters. The summed E-state index contributed by atoms with van der Waals surface area (Å²) in [6.45, 7) is 6.29. The van der Waals surface area contributed by atoms with Crippen molar-refractivity contribution in [1.82, 2.24) is 9.78 Å². The first-order chi connectivity index (χ1) is 9.47. The Hall–Kier alpha value is -1.97.